The normalized spacial score (nSPS) is 17.9. The first-order valence-electron chi connectivity index (χ1n) is 11.6. The first-order chi connectivity index (χ1) is 16.4. The molecule has 2 aliphatic heterocycles. The maximum Gasteiger partial charge on any atom is 0.122 e. The molecule has 34 heavy (non-hydrogen) atoms. The van der Waals surface area contributed by atoms with Crippen LogP contribution in [0.1, 0.15) is 16.7 Å². The van der Waals surface area contributed by atoms with Crippen LogP contribution in [-0.4, -0.2) is 68.4 Å². The lowest BCUT2D eigenvalue weighted by Gasteiger charge is -2.32. The van der Waals surface area contributed by atoms with Crippen molar-refractivity contribution in [3.8, 4) is 5.75 Å². The maximum absolute atomic E-state index is 9.01. The smallest absolute Gasteiger partial charge is 0.122 e. The van der Waals surface area contributed by atoms with Gasteiger partial charge >= 0.3 is 0 Å². The summed E-state index contributed by atoms with van der Waals surface area (Å²) in [5.41, 5.74) is 16.6. The minimum Gasteiger partial charge on any atom is -0.493 e. The van der Waals surface area contributed by atoms with Crippen molar-refractivity contribution in [1.29, 1.82) is 5.41 Å². The fourth-order valence-electron chi connectivity index (χ4n) is 4.24. The highest BCUT2D eigenvalue weighted by molar-refractivity contribution is 6.39. The largest absolute Gasteiger partial charge is 0.493 e. The van der Waals surface area contributed by atoms with Gasteiger partial charge in [-0.05, 0) is 36.4 Å². The molecule has 1 fully saturated rings. The Kier molecular flexibility index (Phi) is 7.77. The van der Waals surface area contributed by atoms with Gasteiger partial charge in [0, 0.05) is 51.3 Å². The topological polar surface area (TPSA) is 104 Å². The van der Waals surface area contributed by atoms with Gasteiger partial charge in [-0.1, -0.05) is 41.9 Å². The zero-order valence-electron chi connectivity index (χ0n) is 19.6. The molecule has 0 atom stereocenters. The summed E-state index contributed by atoms with van der Waals surface area (Å²) in [7, 11) is 2.14. The number of benzene rings is 2. The second-order valence-corrected chi connectivity index (χ2v) is 9.13. The van der Waals surface area contributed by atoms with Gasteiger partial charge in [0.25, 0.3) is 0 Å². The van der Waals surface area contributed by atoms with Crippen LogP contribution in [0.3, 0.4) is 0 Å². The Bertz CT molecular complexity index is 1090. The summed E-state index contributed by atoms with van der Waals surface area (Å²) >= 11 is 6.83. The SMILES string of the molecule is CN1CCN(CCN/C(N)=C(C(=N)c2ccc3c(c2)CCO3)/C(Cl)=C(\N)c2ccccc2)CC1. The number of allylic oxidation sites excluding steroid dienone is 2. The second kappa shape index (κ2) is 11.0. The van der Waals surface area contributed by atoms with E-state index in [1.807, 2.05) is 48.5 Å². The Morgan fingerprint density at radius 3 is 2.53 bits per heavy atom. The van der Waals surface area contributed by atoms with Crippen molar-refractivity contribution in [3.05, 3.63) is 81.6 Å². The van der Waals surface area contributed by atoms with Crippen LogP contribution in [0.2, 0.25) is 0 Å². The summed E-state index contributed by atoms with van der Waals surface area (Å²) < 4.78 is 5.62. The summed E-state index contributed by atoms with van der Waals surface area (Å²) in [6, 6.07) is 15.3. The molecule has 4 rings (SSSR count). The molecule has 2 heterocycles. The fourth-order valence-corrected chi connectivity index (χ4v) is 4.54. The minimum atomic E-state index is 0.225. The number of ether oxygens (including phenoxy) is 1. The third-order valence-electron chi connectivity index (χ3n) is 6.38. The number of likely N-dealkylation sites (N-methyl/N-ethyl adjacent to an activating group) is 1. The first kappa shape index (κ1) is 24.1. The number of nitrogens with two attached hydrogens (primary N) is 2. The highest BCUT2D eigenvalue weighted by Crippen LogP contribution is 2.30. The zero-order valence-corrected chi connectivity index (χ0v) is 20.4. The van der Waals surface area contributed by atoms with Crippen LogP contribution in [0.4, 0.5) is 0 Å². The Labute approximate surface area is 206 Å². The van der Waals surface area contributed by atoms with Crippen molar-refractivity contribution in [2.45, 2.75) is 6.42 Å². The van der Waals surface area contributed by atoms with E-state index in [0.717, 1.165) is 61.6 Å². The molecule has 180 valence electrons. The summed E-state index contributed by atoms with van der Waals surface area (Å²) in [5, 5.41) is 12.6. The lowest BCUT2D eigenvalue weighted by Crippen LogP contribution is -2.46. The van der Waals surface area contributed by atoms with Gasteiger partial charge in [0.05, 0.1) is 28.6 Å². The molecule has 7 nitrogen and oxygen atoms in total. The van der Waals surface area contributed by atoms with E-state index in [0.29, 0.717) is 30.2 Å². The lowest BCUT2D eigenvalue weighted by molar-refractivity contribution is 0.155. The van der Waals surface area contributed by atoms with Crippen LogP contribution in [0.5, 0.6) is 5.75 Å². The van der Waals surface area contributed by atoms with Gasteiger partial charge in [-0.3, -0.25) is 10.3 Å². The third kappa shape index (κ3) is 5.55. The number of halogens is 1. The van der Waals surface area contributed by atoms with E-state index in [1.54, 1.807) is 0 Å². The van der Waals surface area contributed by atoms with Crippen molar-refractivity contribution in [3.63, 3.8) is 0 Å². The van der Waals surface area contributed by atoms with E-state index >= 15 is 0 Å². The molecule has 2 aliphatic rings. The Morgan fingerprint density at radius 1 is 1.06 bits per heavy atom. The summed E-state index contributed by atoms with van der Waals surface area (Å²) in [5.74, 6) is 1.21. The monoisotopic (exact) mass is 480 g/mol. The predicted octanol–water partition coefficient (Wildman–Crippen LogP) is 2.56. The number of fused-ring (bicyclic) bond motifs is 1. The average molecular weight is 481 g/mol. The summed E-state index contributed by atoms with van der Waals surface area (Å²) in [4.78, 5) is 4.73. The van der Waals surface area contributed by atoms with Crippen molar-refractivity contribution < 1.29 is 4.74 Å². The zero-order chi connectivity index (χ0) is 24.1. The van der Waals surface area contributed by atoms with E-state index in [1.165, 1.54) is 0 Å². The number of piperazine rings is 1. The van der Waals surface area contributed by atoms with Crippen LogP contribution >= 0.6 is 11.6 Å². The van der Waals surface area contributed by atoms with Crippen LogP contribution in [0.15, 0.2) is 65.0 Å². The molecule has 0 spiro atoms. The molecular weight excluding hydrogens is 448 g/mol. The van der Waals surface area contributed by atoms with E-state index < -0.39 is 0 Å². The highest BCUT2D eigenvalue weighted by Gasteiger charge is 2.22. The third-order valence-corrected chi connectivity index (χ3v) is 6.77. The number of nitrogens with zero attached hydrogens (tertiary/aromatic N) is 2. The van der Waals surface area contributed by atoms with Gasteiger partial charge in [0.1, 0.15) is 11.6 Å². The fraction of sp³-hybridized carbons (Fsp3) is 0.346. The highest BCUT2D eigenvalue weighted by atomic mass is 35.5. The van der Waals surface area contributed by atoms with Gasteiger partial charge in [-0.2, -0.15) is 0 Å². The Morgan fingerprint density at radius 2 is 1.79 bits per heavy atom. The van der Waals surface area contributed by atoms with Gasteiger partial charge in [-0.15, -0.1) is 0 Å². The molecule has 0 radical (unpaired) electrons. The average Bonchev–Trinajstić information content (AvgIpc) is 3.33. The molecule has 1 saturated heterocycles. The molecule has 0 aliphatic carbocycles. The van der Waals surface area contributed by atoms with E-state index in [2.05, 4.69) is 22.2 Å². The van der Waals surface area contributed by atoms with E-state index in [4.69, 9.17) is 33.2 Å². The molecule has 8 heteroatoms. The number of rotatable bonds is 8. The summed E-state index contributed by atoms with van der Waals surface area (Å²) in [6.07, 6.45) is 0.823. The predicted molar refractivity (Wildman–Crippen MR) is 139 cm³/mol. The first-order valence-corrected chi connectivity index (χ1v) is 12.0. The van der Waals surface area contributed by atoms with Crippen molar-refractivity contribution >= 4 is 23.0 Å². The molecule has 0 saturated carbocycles. The molecule has 0 bridgehead atoms. The van der Waals surface area contributed by atoms with Crippen molar-refractivity contribution in [1.82, 2.24) is 15.1 Å². The van der Waals surface area contributed by atoms with Crippen molar-refractivity contribution in [2.24, 2.45) is 11.5 Å². The summed E-state index contributed by atoms with van der Waals surface area (Å²) in [6.45, 7) is 6.36. The van der Waals surface area contributed by atoms with Gasteiger partial charge in [0.15, 0.2) is 0 Å². The lowest BCUT2D eigenvalue weighted by atomic mass is 9.97. The quantitative estimate of drug-likeness (QED) is 0.342. The van der Waals surface area contributed by atoms with E-state index in [9.17, 15) is 0 Å². The number of nitrogens with one attached hydrogen (secondary N) is 2. The molecule has 0 aromatic heterocycles. The number of hydrogen-bond acceptors (Lipinski definition) is 7. The minimum absolute atomic E-state index is 0.225. The Hall–Kier alpha value is -3.00. The van der Waals surface area contributed by atoms with Crippen LogP contribution in [0.25, 0.3) is 5.70 Å². The van der Waals surface area contributed by atoms with Gasteiger partial charge in [0.2, 0.25) is 0 Å². The Balaban J connectivity index is 1.61. The second-order valence-electron chi connectivity index (χ2n) is 8.75. The maximum atomic E-state index is 9.01. The molecule has 0 unspecified atom stereocenters. The van der Waals surface area contributed by atoms with Crippen LogP contribution in [-0.2, 0) is 6.42 Å². The number of hydrogen-bond donors (Lipinski definition) is 4. The molecule has 2 aromatic carbocycles. The van der Waals surface area contributed by atoms with Gasteiger partial charge < -0.3 is 26.4 Å². The van der Waals surface area contributed by atoms with E-state index in [-0.39, 0.29) is 10.7 Å². The van der Waals surface area contributed by atoms with Crippen LogP contribution in [0, 0.1) is 5.41 Å². The molecule has 0 amide bonds. The van der Waals surface area contributed by atoms with Gasteiger partial charge in [-0.25, -0.2) is 0 Å². The van der Waals surface area contributed by atoms with Crippen molar-refractivity contribution in [2.75, 3.05) is 52.9 Å². The molecule has 2 aromatic rings. The molecular formula is C26H33ClN6O. The molecule has 6 N–H and O–H groups in total. The standard InChI is InChI=1S/C26H33ClN6O/c1-32-12-14-33(15-13-32)11-10-31-26(30)22(23(27)25(29)18-5-3-2-4-6-18)24(28)20-7-8-21-19(17-20)9-16-34-21/h2-8,17,28,31H,9-16,29-30H2,1H3/b25-23+,26-22-,28-24?. The van der Waals surface area contributed by atoms with Crippen LogP contribution < -0.4 is 21.5 Å².